The molecule has 0 aliphatic heterocycles. The van der Waals surface area contributed by atoms with Gasteiger partial charge in [-0.25, -0.2) is 4.79 Å². The van der Waals surface area contributed by atoms with Gasteiger partial charge in [-0.15, -0.1) is 0 Å². The van der Waals surface area contributed by atoms with E-state index in [1.807, 2.05) is 33.8 Å². The molecule has 1 aromatic carbocycles. The first kappa shape index (κ1) is 15.5. The number of hydrogen-bond donors (Lipinski definition) is 1. The van der Waals surface area contributed by atoms with Crippen molar-refractivity contribution in [1.82, 2.24) is 0 Å². The fourth-order valence-corrected chi connectivity index (χ4v) is 1.67. The molecule has 0 aliphatic carbocycles. The monoisotopic (exact) mass is 265 g/mol. The number of ether oxygens (including phenoxy) is 2. The fourth-order valence-electron chi connectivity index (χ4n) is 1.67. The van der Waals surface area contributed by atoms with Crippen LogP contribution in [0.15, 0.2) is 12.1 Å². The third kappa shape index (κ3) is 4.24. The van der Waals surface area contributed by atoms with Gasteiger partial charge in [-0.3, -0.25) is 0 Å². The predicted octanol–water partition coefficient (Wildman–Crippen LogP) is 2.86. The molecule has 0 saturated carbocycles. The number of hydrogen-bond acceptors (Lipinski definition) is 4. The smallest absolute Gasteiger partial charge is 0.338 e. The van der Waals surface area contributed by atoms with Gasteiger partial charge >= 0.3 is 5.97 Å². The molecule has 0 radical (unpaired) electrons. The molecule has 0 saturated heterocycles. The van der Waals surface area contributed by atoms with E-state index in [2.05, 4.69) is 0 Å². The van der Waals surface area contributed by atoms with Crippen molar-refractivity contribution in [3.05, 3.63) is 28.8 Å². The van der Waals surface area contributed by atoms with Crippen LogP contribution in [-0.4, -0.2) is 25.3 Å². The molecule has 0 aliphatic rings. The zero-order valence-electron chi connectivity index (χ0n) is 12.4. The first-order chi connectivity index (χ1) is 8.76. The second kappa shape index (κ2) is 6.06. The molecule has 4 heteroatoms. The van der Waals surface area contributed by atoms with Crippen molar-refractivity contribution in [3.8, 4) is 0 Å². The average Bonchev–Trinajstić information content (AvgIpc) is 2.33. The molecule has 106 valence electrons. The van der Waals surface area contributed by atoms with Crippen LogP contribution in [0.3, 0.4) is 0 Å². The molecular formula is C15H23NO3. The number of rotatable bonds is 5. The summed E-state index contributed by atoms with van der Waals surface area (Å²) in [7, 11) is 1.65. The van der Waals surface area contributed by atoms with Crippen LogP contribution in [0.1, 0.15) is 41.8 Å². The molecule has 4 nitrogen and oxygen atoms in total. The molecule has 0 heterocycles. The molecule has 0 amide bonds. The molecule has 2 N–H and O–H groups in total. The van der Waals surface area contributed by atoms with Crippen LogP contribution in [0.5, 0.6) is 0 Å². The summed E-state index contributed by atoms with van der Waals surface area (Å²) in [5, 5.41) is 0. The first-order valence-electron chi connectivity index (χ1n) is 6.36. The van der Waals surface area contributed by atoms with Crippen molar-refractivity contribution in [2.45, 2.75) is 39.7 Å². The highest BCUT2D eigenvalue weighted by Crippen LogP contribution is 2.19. The number of methoxy groups -OCH3 is 1. The van der Waals surface area contributed by atoms with Crippen LogP contribution in [0.25, 0.3) is 0 Å². The number of nitrogen functional groups attached to an aromatic ring is 1. The van der Waals surface area contributed by atoms with E-state index in [0.29, 0.717) is 24.3 Å². The van der Waals surface area contributed by atoms with Gasteiger partial charge in [-0.1, -0.05) is 0 Å². The van der Waals surface area contributed by atoms with Crippen molar-refractivity contribution >= 4 is 11.7 Å². The van der Waals surface area contributed by atoms with Crippen LogP contribution in [0, 0.1) is 13.8 Å². The Balaban J connectivity index is 2.69. The number of aryl methyl sites for hydroxylation is 1. The highest BCUT2D eigenvalue weighted by atomic mass is 16.5. The molecule has 0 unspecified atom stereocenters. The third-order valence-electron chi connectivity index (χ3n) is 3.40. The lowest BCUT2D eigenvalue weighted by atomic mass is 10.0. The van der Waals surface area contributed by atoms with Crippen LogP contribution in [-0.2, 0) is 9.47 Å². The van der Waals surface area contributed by atoms with E-state index in [1.165, 1.54) is 0 Å². The molecule has 19 heavy (non-hydrogen) atoms. The maximum atomic E-state index is 12.0. The summed E-state index contributed by atoms with van der Waals surface area (Å²) in [4.78, 5) is 12.0. The minimum absolute atomic E-state index is 0.291. The summed E-state index contributed by atoms with van der Waals surface area (Å²) in [5.41, 5.74) is 8.48. The first-order valence-corrected chi connectivity index (χ1v) is 6.36. The standard InChI is InChI=1S/C15H23NO3/c1-10-8-12(16)9-13(11(10)2)14(17)19-7-6-15(3,4)18-5/h8-9H,6-7,16H2,1-5H3. The number of nitrogens with two attached hydrogens (primary N) is 1. The Morgan fingerprint density at radius 3 is 2.53 bits per heavy atom. The molecule has 1 aromatic rings. The van der Waals surface area contributed by atoms with Crippen LogP contribution >= 0.6 is 0 Å². The fraction of sp³-hybridized carbons (Fsp3) is 0.533. The highest BCUT2D eigenvalue weighted by molar-refractivity contribution is 5.92. The number of carbonyl (C=O) groups is 1. The Kier molecular flexibility index (Phi) is 4.95. The molecule has 0 spiro atoms. The Morgan fingerprint density at radius 1 is 1.32 bits per heavy atom. The Bertz CT molecular complexity index is 467. The largest absolute Gasteiger partial charge is 0.462 e. The molecule has 0 aromatic heterocycles. The Labute approximate surface area is 114 Å². The summed E-state index contributed by atoms with van der Waals surface area (Å²) < 4.78 is 10.6. The zero-order chi connectivity index (χ0) is 14.6. The van der Waals surface area contributed by atoms with Gasteiger partial charge in [0.05, 0.1) is 17.8 Å². The Morgan fingerprint density at radius 2 is 1.95 bits per heavy atom. The van der Waals surface area contributed by atoms with Crippen LogP contribution in [0.4, 0.5) is 5.69 Å². The van der Waals surface area contributed by atoms with E-state index in [1.54, 1.807) is 13.2 Å². The van der Waals surface area contributed by atoms with Crippen LogP contribution in [0.2, 0.25) is 0 Å². The number of benzene rings is 1. The topological polar surface area (TPSA) is 61.5 Å². The third-order valence-corrected chi connectivity index (χ3v) is 3.40. The van der Waals surface area contributed by atoms with Crippen molar-refractivity contribution in [3.63, 3.8) is 0 Å². The molecule has 1 rings (SSSR count). The van der Waals surface area contributed by atoms with Gasteiger partial charge in [0.2, 0.25) is 0 Å². The minimum Gasteiger partial charge on any atom is -0.462 e. The van der Waals surface area contributed by atoms with E-state index < -0.39 is 0 Å². The summed E-state index contributed by atoms with van der Waals surface area (Å²) in [5.74, 6) is -0.334. The molecule has 0 fully saturated rings. The SMILES string of the molecule is COC(C)(C)CCOC(=O)c1cc(N)cc(C)c1C. The summed E-state index contributed by atoms with van der Waals surface area (Å²) in [6.07, 6.45) is 0.648. The van der Waals surface area contributed by atoms with Crippen LogP contribution < -0.4 is 5.73 Å². The van der Waals surface area contributed by atoms with Gasteiger partial charge in [-0.2, -0.15) is 0 Å². The van der Waals surface area contributed by atoms with E-state index in [-0.39, 0.29) is 11.6 Å². The van der Waals surface area contributed by atoms with Gasteiger partial charge in [0.1, 0.15) is 0 Å². The second-order valence-corrected chi connectivity index (χ2v) is 5.36. The van der Waals surface area contributed by atoms with Crippen molar-refractivity contribution in [2.24, 2.45) is 0 Å². The lowest BCUT2D eigenvalue weighted by Gasteiger charge is -2.22. The maximum absolute atomic E-state index is 12.0. The average molecular weight is 265 g/mol. The number of carbonyl (C=O) groups excluding carboxylic acids is 1. The minimum atomic E-state index is -0.334. The summed E-state index contributed by atoms with van der Waals surface area (Å²) in [6, 6.07) is 3.51. The second-order valence-electron chi connectivity index (χ2n) is 5.36. The van der Waals surface area contributed by atoms with Gasteiger partial charge in [-0.05, 0) is 51.0 Å². The van der Waals surface area contributed by atoms with E-state index in [4.69, 9.17) is 15.2 Å². The normalized spacial score (nSPS) is 11.4. The van der Waals surface area contributed by atoms with E-state index in [0.717, 1.165) is 11.1 Å². The maximum Gasteiger partial charge on any atom is 0.338 e. The van der Waals surface area contributed by atoms with Gasteiger partial charge in [0.25, 0.3) is 0 Å². The summed E-state index contributed by atoms with van der Waals surface area (Å²) in [6.45, 7) is 8.06. The Hall–Kier alpha value is -1.55. The van der Waals surface area contributed by atoms with Crippen molar-refractivity contribution in [2.75, 3.05) is 19.5 Å². The highest BCUT2D eigenvalue weighted by Gasteiger charge is 2.18. The van der Waals surface area contributed by atoms with E-state index in [9.17, 15) is 4.79 Å². The summed E-state index contributed by atoms with van der Waals surface area (Å²) >= 11 is 0. The van der Waals surface area contributed by atoms with Gasteiger partial charge in [0.15, 0.2) is 0 Å². The predicted molar refractivity (Wildman–Crippen MR) is 76.3 cm³/mol. The number of anilines is 1. The van der Waals surface area contributed by atoms with Gasteiger partial charge < -0.3 is 15.2 Å². The lowest BCUT2D eigenvalue weighted by molar-refractivity contribution is -0.00565. The van der Waals surface area contributed by atoms with Crippen molar-refractivity contribution < 1.29 is 14.3 Å². The van der Waals surface area contributed by atoms with E-state index >= 15 is 0 Å². The molecular weight excluding hydrogens is 242 g/mol. The zero-order valence-corrected chi connectivity index (χ0v) is 12.4. The molecule has 0 atom stereocenters. The quantitative estimate of drug-likeness (QED) is 0.657. The lowest BCUT2D eigenvalue weighted by Crippen LogP contribution is -2.25. The van der Waals surface area contributed by atoms with Gasteiger partial charge in [0, 0.05) is 19.2 Å². The van der Waals surface area contributed by atoms with Crippen molar-refractivity contribution in [1.29, 1.82) is 0 Å². The number of esters is 1. The molecule has 0 bridgehead atoms.